The SMILES string of the molecule is CCn1c(C2CC2)cc(=O)n1-c1cccc(Cl)c1. The van der Waals surface area contributed by atoms with Gasteiger partial charge in [-0.25, -0.2) is 4.68 Å². The maximum absolute atomic E-state index is 12.2. The summed E-state index contributed by atoms with van der Waals surface area (Å²) in [5.74, 6) is 0.568. The van der Waals surface area contributed by atoms with Crippen LogP contribution in [0.4, 0.5) is 0 Å². The van der Waals surface area contributed by atoms with Gasteiger partial charge in [-0.15, -0.1) is 0 Å². The van der Waals surface area contributed by atoms with Gasteiger partial charge >= 0.3 is 0 Å². The van der Waals surface area contributed by atoms with E-state index in [0.717, 1.165) is 17.9 Å². The molecule has 1 aliphatic rings. The molecule has 1 aliphatic carbocycles. The van der Waals surface area contributed by atoms with Crippen molar-refractivity contribution in [3.8, 4) is 5.69 Å². The third-order valence-electron chi connectivity index (χ3n) is 3.37. The van der Waals surface area contributed by atoms with Gasteiger partial charge in [-0.05, 0) is 38.0 Å². The monoisotopic (exact) mass is 262 g/mol. The van der Waals surface area contributed by atoms with E-state index >= 15 is 0 Å². The van der Waals surface area contributed by atoms with Crippen LogP contribution >= 0.6 is 11.6 Å². The fraction of sp³-hybridized carbons (Fsp3) is 0.357. The van der Waals surface area contributed by atoms with E-state index in [2.05, 4.69) is 11.6 Å². The number of halogens is 1. The first-order valence-corrected chi connectivity index (χ1v) is 6.67. The topological polar surface area (TPSA) is 26.9 Å². The Morgan fingerprint density at radius 3 is 2.72 bits per heavy atom. The normalized spacial score (nSPS) is 15.0. The second kappa shape index (κ2) is 4.32. The molecule has 0 spiro atoms. The van der Waals surface area contributed by atoms with Crippen LogP contribution in [0.3, 0.4) is 0 Å². The second-order valence-electron chi connectivity index (χ2n) is 4.69. The summed E-state index contributed by atoms with van der Waals surface area (Å²) in [7, 11) is 0. The maximum atomic E-state index is 12.2. The van der Waals surface area contributed by atoms with E-state index in [9.17, 15) is 4.79 Å². The van der Waals surface area contributed by atoms with Crippen molar-refractivity contribution in [2.75, 3.05) is 0 Å². The molecule has 0 saturated heterocycles. The average Bonchev–Trinajstić information content (AvgIpc) is 3.13. The number of benzene rings is 1. The minimum Gasteiger partial charge on any atom is -0.282 e. The average molecular weight is 263 g/mol. The summed E-state index contributed by atoms with van der Waals surface area (Å²) >= 11 is 6.00. The van der Waals surface area contributed by atoms with Crippen LogP contribution in [0.5, 0.6) is 0 Å². The molecular weight excluding hydrogens is 248 g/mol. The summed E-state index contributed by atoms with van der Waals surface area (Å²) < 4.78 is 3.78. The number of rotatable bonds is 3. The summed E-state index contributed by atoms with van der Waals surface area (Å²) in [6.07, 6.45) is 2.39. The van der Waals surface area contributed by atoms with Crippen LogP contribution in [-0.4, -0.2) is 9.36 Å². The van der Waals surface area contributed by atoms with Crippen LogP contribution in [0.25, 0.3) is 5.69 Å². The first kappa shape index (κ1) is 11.6. The molecule has 94 valence electrons. The minimum atomic E-state index is 0.0287. The van der Waals surface area contributed by atoms with Crippen molar-refractivity contribution in [2.45, 2.75) is 32.2 Å². The van der Waals surface area contributed by atoms with Crippen molar-refractivity contribution in [3.63, 3.8) is 0 Å². The molecule has 0 amide bonds. The van der Waals surface area contributed by atoms with Gasteiger partial charge in [0.25, 0.3) is 5.56 Å². The lowest BCUT2D eigenvalue weighted by Gasteiger charge is -2.13. The molecule has 0 aliphatic heterocycles. The lowest BCUT2D eigenvalue weighted by molar-refractivity contribution is 0.549. The quantitative estimate of drug-likeness (QED) is 0.835. The highest BCUT2D eigenvalue weighted by atomic mass is 35.5. The zero-order valence-electron chi connectivity index (χ0n) is 10.3. The zero-order valence-corrected chi connectivity index (χ0v) is 11.0. The fourth-order valence-electron chi connectivity index (χ4n) is 2.40. The van der Waals surface area contributed by atoms with Crippen LogP contribution in [0.2, 0.25) is 5.02 Å². The molecule has 3 rings (SSSR count). The molecule has 1 heterocycles. The Hall–Kier alpha value is -1.48. The minimum absolute atomic E-state index is 0.0287. The smallest absolute Gasteiger partial charge is 0.271 e. The third kappa shape index (κ3) is 1.89. The van der Waals surface area contributed by atoms with Crippen molar-refractivity contribution >= 4 is 11.6 Å². The summed E-state index contributed by atoms with van der Waals surface area (Å²) in [6, 6.07) is 9.19. The van der Waals surface area contributed by atoms with E-state index in [4.69, 9.17) is 11.6 Å². The number of nitrogens with zero attached hydrogens (tertiary/aromatic N) is 2. The third-order valence-corrected chi connectivity index (χ3v) is 3.60. The first-order chi connectivity index (χ1) is 8.70. The molecule has 18 heavy (non-hydrogen) atoms. The van der Waals surface area contributed by atoms with Crippen LogP contribution in [0, 0.1) is 0 Å². The summed E-state index contributed by atoms with van der Waals surface area (Å²) in [5.41, 5.74) is 2.02. The molecule has 4 heteroatoms. The molecule has 0 unspecified atom stereocenters. The van der Waals surface area contributed by atoms with E-state index in [1.807, 2.05) is 24.3 Å². The van der Waals surface area contributed by atoms with Gasteiger partial charge in [-0.2, -0.15) is 0 Å². The fourth-order valence-corrected chi connectivity index (χ4v) is 2.59. The zero-order chi connectivity index (χ0) is 12.7. The Bertz CT molecular complexity index is 637. The highest BCUT2D eigenvalue weighted by Crippen LogP contribution is 2.39. The Balaban J connectivity index is 2.19. The Labute approximate surface area is 111 Å². The van der Waals surface area contributed by atoms with Gasteiger partial charge in [-0.1, -0.05) is 17.7 Å². The molecule has 2 aromatic rings. The van der Waals surface area contributed by atoms with Crippen molar-refractivity contribution < 1.29 is 0 Å². The molecule has 0 bridgehead atoms. The first-order valence-electron chi connectivity index (χ1n) is 6.29. The van der Waals surface area contributed by atoms with Crippen LogP contribution in [0.15, 0.2) is 35.1 Å². The number of hydrogen-bond donors (Lipinski definition) is 0. The summed E-state index contributed by atoms with van der Waals surface area (Å²) in [5, 5.41) is 0.649. The molecule has 3 nitrogen and oxygen atoms in total. The van der Waals surface area contributed by atoms with E-state index in [1.165, 1.54) is 12.8 Å². The lowest BCUT2D eigenvalue weighted by atomic mass is 10.3. The van der Waals surface area contributed by atoms with Crippen LogP contribution < -0.4 is 5.56 Å². The molecular formula is C14H15ClN2O. The van der Waals surface area contributed by atoms with Crippen LogP contribution in [0.1, 0.15) is 31.4 Å². The molecule has 1 aromatic heterocycles. The van der Waals surface area contributed by atoms with Crippen molar-refractivity contribution in [1.29, 1.82) is 0 Å². The van der Waals surface area contributed by atoms with Gasteiger partial charge in [0.2, 0.25) is 0 Å². The van der Waals surface area contributed by atoms with E-state index < -0.39 is 0 Å². The van der Waals surface area contributed by atoms with Gasteiger partial charge in [0.1, 0.15) is 0 Å². The van der Waals surface area contributed by atoms with E-state index in [0.29, 0.717) is 10.9 Å². The molecule has 0 radical (unpaired) electrons. The predicted molar refractivity (Wildman–Crippen MR) is 72.7 cm³/mol. The Morgan fingerprint density at radius 2 is 2.11 bits per heavy atom. The van der Waals surface area contributed by atoms with E-state index in [-0.39, 0.29) is 5.56 Å². The summed E-state index contributed by atoms with van der Waals surface area (Å²) in [6.45, 7) is 2.85. The second-order valence-corrected chi connectivity index (χ2v) is 5.13. The van der Waals surface area contributed by atoms with Crippen LogP contribution in [-0.2, 0) is 6.54 Å². The lowest BCUT2D eigenvalue weighted by Crippen LogP contribution is -2.21. The van der Waals surface area contributed by atoms with E-state index in [1.54, 1.807) is 10.7 Å². The molecule has 0 atom stereocenters. The standard InChI is InChI=1S/C14H15ClN2O/c1-2-16-13(10-6-7-10)9-14(18)17(16)12-5-3-4-11(15)8-12/h3-5,8-10H,2,6-7H2,1H3. The molecule has 1 aromatic carbocycles. The molecule has 1 saturated carbocycles. The summed E-state index contributed by atoms with van der Waals surface area (Å²) in [4.78, 5) is 12.2. The highest BCUT2D eigenvalue weighted by molar-refractivity contribution is 6.30. The molecule has 0 N–H and O–H groups in total. The van der Waals surface area contributed by atoms with Gasteiger partial charge in [0, 0.05) is 29.2 Å². The highest BCUT2D eigenvalue weighted by Gasteiger charge is 2.28. The van der Waals surface area contributed by atoms with Crippen molar-refractivity contribution in [2.24, 2.45) is 0 Å². The van der Waals surface area contributed by atoms with Gasteiger partial charge in [0.05, 0.1) is 5.69 Å². The van der Waals surface area contributed by atoms with Crippen molar-refractivity contribution in [1.82, 2.24) is 9.36 Å². The Morgan fingerprint density at radius 1 is 1.33 bits per heavy atom. The van der Waals surface area contributed by atoms with Gasteiger partial charge < -0.3 is 0 Å². The molecule has 1 fully saturated rings. The number of aromatic nitrogens is 2. The van der Waals surface area contributed by atoms with Crippen molar-refractivity contribution in [3.05, 3.63) is 51.4 Å². The number of hydrogen-bond acceptors (Lipinski definition) is 1. The predicted octanol–water partition coefficient (Wildman–Crippen LogP) is 3.19. The van der Waals surface area contributed by atoms with Gasteiger partial charge in [0.15, 0.2) is 0 Å². The maximum Gasteiger partial charge on any atom is 0.271 e. The Kier molecular flexibility index (Phi) is 2.78. The largest absolute Gasteiger partial charge is 0.282 e. The van der Waals surface area contributed by atoms with Gasteiger partial charge in [-0.3, -0.25) is 9.48 Å².